The summed E-state index contributed by atoms with van der Waals surface area (Å²) in [7, 11) is -0.529. The lowest BCUT2D eigenvalue weighted by molar-refractivity contribution is 0.173. The Hall–Kier alpha value is -1.73. The van der Waals surface area contributed by atoms with Crippen LogP contribution in [0, 0.1) is 11.3 Å². The molecule has 1 aliphatic heterocycles. The number of hydrogen-bond acceptors (Lipinski definition) is 3. The van der Waals surface area contributed by atoms with E-state index in [9.17, 15) is 0 Å². The van der Waals surface area contributed by atoms with Crippen molar-refractivity contribution < 1.29 is 9.31 Å². The van der Waals surface area contributed by atoms with Gasteiger partial charge in [-0.25, -0.2) is 0 Å². The quantitative estimate of drug-likeness (QED) is 0.665. The smallest absolute Gasteiger partial charge is 0.534 e. The SMILES string of the molecule is C=C1OB(c2ccccc2C#N)OC1(C)C. The normalized spacial score (nSPS) is 18.1. The summed E-state index contributed by atoms with van der Waals surface area (Å²) in [6.45, 7) is 7.59. The molecule has 80 valence electrons. The molecule has 1 aromatic rings. The maximum Gasteiger partial charge on any atom is 0.564 e. The Labute approximate surface area is 95.4 Å². The highest BCUT2D eigenvalue weighted by molar-refractivity contribution is 6.63. The topological polar surface area (TPSA) is 42.2 Å². The van der Waals surface area contributed by atoms with Crippen molar-refractivity contribution in [1.82, 2.24) is 0 Å². The van der Waals surface area contributed by atoms with Crippen LogP contribution in [0.25, 0.3) is 0 Å². The highest BCUT2D eigenvalue weighted by Crippen LogP contribution is 2.29. The predicted octanol–water partition coefficient (Wildman–Crippen LogP) is 1.59. The van der Waals surface area contributed by atoms with Crippen molar-refractivity contribution in [2.45, 2.75) is 19.4 Å². The van der Waals surface area contributed by atoms with Crippen LogP contribution >= 0.6 is 0 Å². The van der Waals surface area contributed by atoms with Gasteiger partial charge in [0.25, 0.3) is 0 Å². The summed E-state index contributed by atoms with van der Waals surface area (Å²) >= 11 is 0. The first-order valence-electron chi connectivity index (χ1n) is 5.07. The monoisotopic (exact) mass is 213 g/mol. The van der Waals surface area contributed by atoms with Crippen molar-refractivity contribution in [3.8, 4) is 6.07 Å². The number of nitrogens with zero attached hydrogens (tertiary/aromatic N) is 1. The van der Waals surface area contributed by atoms with Gasteiger partial charge in [0, 0.05) is 5.46 Å². The second-order valence-corrected chi connectivity index (χ2v) is 4.20. The molecule has 1 saturated heterocycles. The summed E-state index contributed by atoms with van der Waals surface area (Å²) in [6, 6.07) is 9.38. The summed E-state index contributed by atoms with van der Waals surface area (Å²) in [5.41, 5.74) is 0.808. The Kier molecular flexibility index (Phi) is 2.49. The first kappa shape index (κ1) is 10.8. The zero-order valence-corrected chi connectivity index (χ0v) is 9.36. The Morgan fingerprint density at radius 1 is 1.38 bits per heavy atom. The largest absolute Gasteiger partial charge is 0.564 e. The fourth-order valence-electron chi connectivity index (χ4n) is 1.56. The van der Waals surface area contributed by atoms with Crippen LogP contribution in [0.4, 0.5) is 0 Å². The van der Waals surface area contributed by atoms with Gasteiger partial charge in [-0.1, -0.05) is 24.8 Å². The van der Waals surface area contributed by atoms with Crippen LogP contribution in [-0.2, 0) is 9.31 Å². The summed E-state index contributed by atoms with van der Waals surface area (Å²) in [6.07, 6.45) is 0. The fourth-order valence-corrected chi connectivity index (χ4v) is 1.56. The molecule has 0 saturated carbocycles. The highest BCUT2D eigenvalue weighted by Gasteiger charge is 2.43. The Bertz CT molecular complexity index is 476. The minimum absolute atomic E-state index is 0.507. The molecule has 2 rings (SSSR count). The number of hydrogen-bond donors (Lipinski definition) is 0. The molecule has 16 heavy (non-hydrogen) atoms. The van der Waals surface area contributed by atoms with Gasteiger partial charge in [0.1, 0.15) is 5.60 Å². The van der Waals surface area contributed by atoms with E-state index in [0.29, 0.717) is 11.3 Å². The molecule has 0 amide bonds. The molecule has 0 aromatic heterocycles. The van der Waals surface area contributed by atoms with Crippen molar-refractivity contribution in [2.75, 3.05) is 0 Å². The second kappa shape index (κ2) is 3.69. The maximum atomic E-state index is 8.99. The minimum Gasteiger partial charge on any atom is -0.534 e. The third-order valence-electron chi connectivity index (χ3n) is 2.66. The summed E-state index contributed by atoms with van der Waals surface area (Å²) in [4.78, 5) is 0. The van der Waals surface area contributed by atoms with Gasteiger partial charge < -0.3 is 9.31 Å². The molecule has 0 radical (unpaired) electrons. The van der Waals surface area contributed by atoms with Crippen LogP contribution in [0.3, 0.4) is 0 Å². The van der Waals surface area contributed by atoms with Crippen LogP contribution in [0.2, 0.25) is 0 Å². The van der Waals surface area contributed by atoms with Gasteiger partial charge >= 0.3 is 7.12 Å². The van der Waals surface area contributed by atoms with E-state index < -0.39 is 12.7 Å². The molecule has 4 heteroatoms. The first-order chi connectivity index (χ1) is 7.54. The minimum atomic E-state index is -0.529. The molecule has 0 aliphatic carbocycles. The standard InChI is InChI=1S/C12H12BNO2/c1-9-12(2,3)16-13(15-9)11-7-5-4-6-10(11)8-14/h4-7H,1H2,2-3H3. The molecule has 0 atom stereocenters. The number of nitriles is 1. The molecule has 1 heterocycles. The van der Waals surface area contributed by atoms with Crippen molar-refractivity contribution >= 4 is 12.6 Å². The van der Waals surface area contributed by atoms with Crippen molar-refractivity contribution in [1.29, 1.82) is 5.26 Å². The van der Waals surface area contributed by atoms with Crippen LogP contribution in [0.5, 0.6) is 0 Å². The zero-order chi connectivity index (χ0) is 11.8. The Morgan fingerprint density at radius 2 is 2.06 bits per heavy atom. The average Bonchev–Trinajstić information content (AvgIpc) is 2.53. The predicted molar refractivity (Wildman–Crippen MR) is 61.9 cm³/mol. The van der Waals surface area contributed by atoms with Crippen LogP contribution in [0.15, 0.2) is 36.6 Å². The van der Waals surface area contributed by atoms with E-state index in [2.05, 4.69) is 12.6 Å². The molecular weight excluding hydrogens is 201 g/mol. The Balaban J connectivity index is 2.35. The van der Waals surface area contributed by atoms with E-state index in [1.54, 1.807) is 6.07 Å². The average molecular weight is 213 g/mol. The molecule has 0 N–H and O–H groups in total. The lowest BCUT2D eigenvalue weighted by Gasteiger charge is -2.15. The van der Waals surface area contributed by atoms with Gasteiger partial charge in [0.15, 0.2) is 0 Å². The van der Waals surface area contributed by atoms with Crippen LogP contribution in [0.1, 0.15) is 19.4 Å². The Morgan fingerprint density at radius 3 is 2.62 bits per heavy atom. The number of benzene rings is 1. The van der Waals surface area contributed by atoms with Crippen molar-refractivity contribution in [2.24, 2.45) is 0 Å². The fraction of sp³-hybridized carbons (Fsp3) is 0.250. The molecule has 1 aliphatic rings. The van der Waals surface area contributed by atoms with Gasteiger partial charge in [0.05, 0.1) is 17.4 Å². The molecule has 1 fully saturated rings. The third kappa shape index (κ3) is 1.70. The molecule has 0 unspecified atom stereocenters. The first-order valence-corrected chi connectivity index (χ1v) is 5.07. The maximum absolute atomic E-state index is 8.99. The lowest BCUT2D eigenvalue weighted by atomic mass is 9.76. The van der Waals surface area contributed by atoms with Gasteiger partial charge in [-0.15, -0.1) is 0 Å². The van der Waals surface area contributed by atoms with Gasteiger partial charge in [-0.05, 0) is 19.9 Å². The highest BCUT2D eigenvalue weighted by atomic mass is 16.7. The van der Waals surface area contributed by atoms with E-state index in [1.165, 1.54) is 0 Å². The van der Waals surface area contributed by atoms with E-state index in [0.717, 1.165) is 5.46 Å². The summed E-state index contributed by atoms with van der Waals surface area (Å²) in [5.74, 6) is 0.588. The summed E-state index contributed by atoms with van der Waals surface area (Å²) in [5, 5.41) is 8.99. The molecule has 3 nitrogen and oxygen atoms in total. The van der Waals surface area contributed by atoms with Crippen molar-refractivity contribution in [3.05, 3.63) is 42.2 Å². The van der Waals surface area contributed by atoms with Gasteiger partial charge in [-0.3, -0.25) is 0 Å². The van der Waals surface area contributed by atoms with Crippen molar-refractivity contribution in [3.63, 3.8) is 0 Å². The van der Waals surface area contributed by atoms with E-state index in [-0.39, 0.29) is 0 Å². The van der Waals surface area contributed by atoms with Crippen LogP contribution in [-0.4, -0.2) is 12.7 Å². The molecule has 1 aromatic carbocycles. The molecule has 0 bridgehead atoms. The zero-order valence-electron chi connectivity index (χ0n) is 9.36. The van der Waals surface area contributed by atoms with E-state index in [4.69, 9.17) is 14.6 Å². The van der Waals surface area contributed by atoms with E-state index in [1.807, 2.05) is 32.0 Å². The number of rotatable bonds is 1. The van der Waals surface area contributed by atoms with E-state index >= 15 is 0 Å². The summed E-state index contributed by atoms with van der Waals surface area (Å²) < 4.78 is 11.3. The third-order valence-corrected chi connectivity index (χ3v) is 2.66. The second-order valence-electron chi connectivity index (χ2n) is 4.20. The lowest BCUT2D eigenvalue weighted by Crippen LogP contribution is -2.36. The van der Waals surface area contributed by atoms with Gasteiger partial charge in [-0.2, -0.15) is 5.26 Å². The van der Waals surface area contributed by atoms with Gasteiger partial charge in [0.2, 0.25) is 0 Å². The molecule has 0 spiro atoms. The molecular formula is C12H12BNO2. The van der Waals surface area contributed by atoms with Crippen LogP contribution < -0.4 is 5.46 Å².